The summed E-state index contributed by atoms with van der Waals surface area (Å²) in [5, 5.41) is 9.68. The van der Waals surface area contributed by atoms with Gasteiger partial charge >= 0.3 is 0 Å². The highest BCUT2D eigenvalue weighted by Crippen LogP contribution is 2.35. The molecule has 1 N–H and O–H groups in total. The van der Waals surface area contributed by atoms with Gasteiger partial charge in [-0.1, -0.05) is 26.0 Å². The van der Waals surface area contributed by atoms with E-state index in [0.717, 1.165) is 11.1 Å². The van der Waals surface area contributed by atoms with Gasteiger partial charge in [0, 0.05) is 17.9 Å². The molecule has 1 aromatic carbocycles. The Bertz CT molecular complexity index is 577. The molecule has 0 bridgehead atoms. The van der Waals surface area contributed by atoms with Crippen LogP contribution in [0.25, 0.3) is 0 Å². The van der Waals surface area contributed by atoms with Crippen LogP contribution in [0.4, 0.5) is 0 Å². The van der Waals surface area contributed by atoms with Crippen molar-refractivity contribution in [1.29, 1.82) is 0 Å². The number of phenolic OH excluding ortho intramolecular Hbond substituents is 1. The highest BCUT2D eigenvalue weighted by Gasteiger charge is 2.45. The van der Waals surface area contributed by atoms with Gasteiger partial charge in [-0.15, -0.1) is 0 Å². The van der Waals surface area contributed by atoms with Crippen LogP contribution in [0.1, 0.15) is 44.7 Å². The van der Waals surface area contributed by atoms with Crippen molar-refractivity contribution in [2.24, 2.45) is 5.41 Å². The number of carbonyl (C=O) groups excluding carboxylic acids is 2. The number of phenols is 1. The zero-order chi connectivity index (χ0) is 15.8. The summed E-state index contributed by atoms with van der Waals surface area (Å²) >= 11 is 0. The highest BCUT2D eigenvalue weighted by atomic mass is 16.3. The van der Waals surface area contributed by atoms with Gasteiger partial charge < -0.3 is 5.11 Å². The van der Waals surface area contributed by atoms with Crippen LogP contribution in [-0.2, 0) is 16.0 Å². The van der Waals surface area contributed by atoms with Crippen molar-refractivity contribution in [1.82, 2.24) is 4.90 Å². The maximum atomic E-state index is 12.4. The van der Waals surface area contributed by atoms with Crippen LogP contribution in [0.5, 0.6) is 5.75 Å². The monoisotopic (exact) mass is 289 g/mol. The van der Waals surface area contributed by atoms with Crippen molar-refractivity contribution in [3.63, 3.8) is 0 Å². The van der Waals surface area contributed by atoms with Gasteiger partial charge in [0.25, 0.3) is 0 Å². The number of amides is 2. The van der Waals surface area contributed by atoms with Crippen molar-refractivity contribution >= 4 is 11.8 Å². The molecule has 1 saturated heterocycles. The molecule has 1 heterocycles. The second kappa shape index (κ2) is 5.51. The summed E-state index contributed by atoms with van der Waals surface area (Å²) in [6, 6.07) is 5.27. The molecular formula is C17H23NO3. The summed E-state index contributed by atoms with van der Waals surface area (Å²) in [5.41, 5.74) is 1.30. The maximum absolute atomic E-state index is 12.4. The lowest BCUT2D eigenvalue weighted by atomic mass is 9.90. The lowest BCUT2D eigenvalue weighted by Crippen LogP contribution is -2.39. The van der Waals surface area contributed by atoms with Crippen molar-refractivity contribution < 1.29 is 14.7 Å². The standard InChI is InChI=1S/C17H23NO3/c1-11-10-17(3,4)16(21)18(11)15(20)9-8-13-6-5-7-14(19)12(13)2/h5-7,11,19H,8-10H2,1-4H3/t11-/m1/s1. The third kappa shape index (κ3) is 2.94. The van der Waals surface area contributed by atoms with Gasteiger partial charge in [0.1, 0.15) is 5.75 Å². The number of aryl methyl sites for hydroxylation is 1. The van der Waals surface area contributed by atoms with Crippen molar-refractivity contribution in [2.75, 3.05) is 0 Å². The van der Waals surface area contributed by atoms with Gasteiger partial charge in [0.2, 0.25) is 11.8 Å². The molecule has 1 aromatic rings. The predicted molar refractivity (Wildman–Crippen MR) is 80.9 cm³/mol. The van der Waals surface area contributed by atoms with Crippen LogP contribution in [-0.4, -0.2) is 27.9 Å². The van der Waals surface area contributed by atoms with Gasteiger partial charge in [0.05, 0.1) is 0 Å². The van der Waals surface area contributed by atoms with Gasteiger partial charge in [0.15, 0.2) is 0 Å². The Morgan fingerprint density at radius 3 is 2.67 bits per heavy atom. The SMILES string of the molecule is Cc1c(O)cccc1CCC(=O)N1C(=O)C(C)(C)C[C@H]1C. The molecule has 0 unspecified atom stereocenters. The number of imide groups is 1. The molecule has 0 spiro atoms. The van der Waals surface area contributed by atoms with E-state index in [9.17, 15) is 14.7 Å². The first-order valence-corrected chi connectivity index (χ1v) is 7.38. The van der Waals surface area contributed by atoms with Gasteiger partial charge in [-0.3, -0.25) is 14.5 Å². The molecule has 0 aromatic heterocycles. The second-order valence-electron chi connectivity index (χ2n) is 6.57. The molecule has 0 saturated carbocycles. The molecule has 1 atom stereocenters. The first-order valence-electron chi connectivity index (χ1n) is 7.38. The normalized spacial score (nSPS) is 20.9. The average molecular weight is 289 g/mol. The van der Waals surface area contributed by atoms with Crippen molar-refractivity contribution in [3.05, 3.63) is 29.3 Å². The van der Waals surface area contributed by atoms with E-state index in [1.165, 1.54) is 4.90 Å². The fourth-order valence-electron chi connectivity index (χ4n) is 3.11. The maximum Gasteiger partial charge on any atom is 0.235 e. The van der Waals surface area contributed by atoms with E-state index < -0.39 is 5.41 Å². The molecule has 2 rings (SSSR count). The summed E-state index contributed by atoms with van der Waals surface area (Å²) in [4.78, 5) is 26.1. The summed E-state index contributed by atoms with van der Waals surface area (Å²) in [5.74, 6) is 0.0418. The van der Waals surface area contributed by atoms with E-state index in [-0.39, 0.29) is 30.0 Å². The van der Waals surface area contributed by atoms with Crippen LogP contribution >= 0.6 is 0 Å². The average Bonchev–Trinajstić information content (AvgIpc) is 2.60. The topological polar surface area (TPSA) is 57.6 Å². The summed E-state index contributed by atoms with van der Waals surface area (Å²) in [6.45, 7) is 7.53. The number of hydrogen-bond acceptors (Lipinski definition) is 3. The molecule has 4 nitrogen and oxygen atoms in total. The summed E-state index contributed by atoms with van der Waals surface area (Å²) < 4.78 is 0. The zero-order valence-electron chi connectivity index (χ0n) is 13.1. The van der Waals surface area contributed by atoms with Crippen LogP contribution in [0.2, 0.25) is 0 Å². The molecule has 21 heavy (non-hydrogen) atoms. The minimum atomic E-state index is -0.448. The Hall–Kier alpha value is -1.84. The molecule has 1 aliphatic heterocycles. The molecule has 4 heteroatoms. The Kier molecular flexibility index (Phi) is 4.08. The van der Waals surface area contributed by atoms with Crippen LogP contribution < -0.4 is 0 Å². The molecule has 0 radical (unpaired) electrons. The lowest BCUT2D eigenvalue weighted by molar-refractivity contribution is -0.146. The first-order chi connectivity index (χ1) is 9.74. The Labute approximate surface area is 125 Å². The van der Waals surface area contributed by atoms with E-state index in [1.807, 2.05) is 33.8 Å². The Balaban J connectivity index is 2.06. The van der Waals surface area contributed by atoms with Gasteiger partial charge in [-0.2, -0.15) is 0 Å². The third-order valence-electron chi connectivity index (χ3n) is 4.34. The van der Waals surface area contributed by atoms with Crippen molar-refractivity contribution in [2.45, 2.75) is 53.0 Å². The Morgan fingerprint density at radius 2 is 2.10 bits per heavy atom. The molecule has 0 aliphatic carbocycles. The third-order valence-corrected chi connectivity index (χ3v) is 4.34. The predicted octanol–water partition coefficient (Wildman–Crippen LogP) is 2.81. The zero-order valence-corrected chi connectivity index (χ0v) is 13.1. The molecule has 2 amide bonds. The minimum Gasteiger partial charge on any atom is -0.508 e. The quantitative estimate of drug-likeness (QED) is 0.931. The number of nitrogens with zero attached hydrogens (tertiary/aromatic N) is 1. The first kappa shape index (κ1) is 15.5. The van der Waals surface area contributed by atoms with Crippen molar-refractivity contribution in [3.8, 4) is 5.75 Å². The summed E-state index contributed by atoms with van der Waals surface area (Å²) in [6.07, 6.45) is 1.54. The number of aromatic hydroxyl groups is 1. The van der Waals surface area contributed by atoms with E-state index in [1.54, 1.807) is 12.1 Å². The fraction of sp³-hybridized carbons (Fsp3) is 0.529. The molecular weight excluding hydrogens is 266 g/mol. The lowest BCUT2D eigenvalue weighted by Gasteiger charge is -2.20. The second-order valence-corrected chi connectivity index (χ2v) is 6.57. The van der Waals surface area contributed by atoms with E-state index >= 15 is 0 Å². The largest absolute Gasteiger partial charge is 0.508 e. The smallest absolute Gasteiger partial charge is 0.235 e. The number of benzene rings is 1. The van der Waals surface area contributed by atoms with E-state index in [4.69, 9.17) is 0 Å². The minimum absolute atomic E-state index is 0.0368. The van der Waals surface area contributed by atoms with Gasteiger partial charge in [-0.05, 0) is 43.9 Å². The number of rotatable bonds is 3. The molecule has 1 aliphatic rings. The van der Waals surface area contributed by atoms with E-state index in [2.05, 4.69) is 0 Å². The summed E-state index contributed by atoms with van der Waals surface area (Å²) in [7, 11) is 0. The molecule has 114 valence electrons. The number of likely N-dealkylation sites (tertiary alicyclic amines) is 1. The highest BCUT2D eigenvalue weighted by molar-refractivity contribution is 6.00. The fourth-order valence-corrected chi connectivity index (χ4v) is 3.11. The van der Waals surface area contributed by atoms with Crippen LogP contribution in [0.3, 0.4) is 0 Å². The molecule has 1 fully saturated rings. The Morgan fingerprint density at radius 1 is 1.43 bits per heavy atom. The van der Waals surface area contributed by atoms with E-state index in [0.29, 0.717) is 12.8 Å². The van der Waals surface area contributed by atoms with Gasteiger partial charge in [-0.25, -0.2) is 0 Å². The van der Waals surface area contributed by atoms with Crippen LogP contribution in [0, 0.1) is 12.3 Å². The number of hydrogen-bond donors (Lipinski definition) is 1. The van der Waals surface area contributed by atoms with Crippen LogP contribution in [0.15, 0.2) is 18.2 Å². The number of carbonyl (C=O) groups is 2.